The molecule has 1 aromatic carbocycles. The number of hydrogen-bond donors (Lipinski definition) is 0. The first-order valence-electron chi connectivity index (χ1n) is 3.64. The van der Waals surface area contributed by atoms with Crippen LogP contribution in [0.5, 0.6) is 0 Å². The van der Waals surface area contributed by atoms with Gasteiger partial charge >= 0.3 is 0 Å². The number of ketones is 1. The molecular weight excluding hydrogens is 366 g/mol. The van der Waals surface area contributed by atoms with Crippen LogP contribution in [0.15, 0.2) is 22.7 Å². The Kier molecular flexibility index (Phi) is 4.69. The van der Waals surface area contributed by atoms with Crippen LogP contribution in [0.3, 0.4) is 0 Å². The molecule has 0 aromatic heterocycles. The Morgan fingerprint density at radius 2 is 2.15 bits per heavy atom. The average molecular weight is 373 g/mol. The van der Waals surface area contributed by atoms with Gasteiger partial charge in [-0.15, -0.1) is 11.6 Å². The summed E-state index contributed by atoms with van der Waals surface area (Å²) in [6, 6.07) is 5.91. The first-order valence-corrected chi connectivity index (χ1v) is 6.05. The number of halogens is 3. The molecule has 13 heavy (non-hydrogen) atoms. The van der Waals surface area contributed by atoms with E-state index in [1.165, 1.54) is 0 Å². The van der Waals surface area contributed by atoms with Crippen molar-refractivity contribution in [1.82, 2.24) is 0 Å². The van der Waals surface area contributed by atoms with E-state index in [2.05, 4.69) is 38.5 Å². The lowest BCUT2D eigenvalue weighted by molar-refractivity contribution is -0.116. The van der Waals surface area contributed by atoms with Crippen molar-refractivity contribution in [3.63, 3.8) is 0 Å². The standard InChI is InChI=1S/C9H7BrClIO/c10-7-1-6(2-8(12)4-7)3-9(13)5-11/h1-2,4H,3,5H2. The Morgan fingerprint density at radius 3 is 2.69 bits per heavy atom. The second kappa shape index (κ2) is 5.32. The highest BCUT2D eigenvalue weighted by Gasteiger charge is 2.03. The van der Waals surface area contributed by atoms with Crippen molar-refractivity contribution in [3.05, 3.63) is 31.8 Å². The van der Waals surface area contributed by atoms with E-state index in [1.807, 2.05) is 18.2 Å². The third-order valence-electron chi connectivity index (χ3n) is 1.47. The lowest BCUT2D eigenvalue weighted by Gasteiger charge is -2.00. The normalized spacial score (nSPS) is 10.1. The van der Waals surface area contributed by atoms with E-state index in [0.717, 1.165) is 13.6 Å². The van der Waals surface area contributed by atoms with E-state index < -0.39 is 0 Å². The first-order chi connectivity index (χ1) is 6.11. The Hall–Kier alpha value is 0.390. The Morgan fingerprint density at radius 1 is 1.46 bits per heavy atom. The lowest BCUT2D eigenvalue weighted by Crippen LogP contribution is -2.03. The van der Waals surface area contributed by atoms with Gasteiger partial charge in [-0.2, -0.15) is 0 Å². The molecule has 0 radical (unpaired) electrons. The largest absolute Gasteiger partial charge is 0.298 e. The van der Waals surface area contributed by atoms with Crippen molar-refractivity contribution in [2.75, 3.05) is 5.88 Å². The molecule has 0 aliphatic rings. The third kappa shape index (κ3) is 3.95. The van der Waals surface area contributed by atoms with Crippen LogP contribution in [0.1, 0.15) is 5.56 Å². The van der Waals surface area contributed by atoms with Gasteiger partial charge in [0.15, 0.2) is 5.78 Å². The summed E-state index contributed by atoms with van der Waals surface area (Å²) in [6.45, 7) is 0. The zero-order chi connectivity index (χ0) is 9.84. The minimum Gasteiger partial charge on any atom is -0.298 e. The van der Waals surface area contributed by atoms with Gasteiger partial charge in [0.25, 0.3) is 0 Å². The summed E-state index contributed by atoms with van der Waals surface area (Å²) in [4.78, 5) is 11.1. The van der Waals surface area contributed by atoms with Crippen molar-refractivity contribution in [3.8, 4) is 0 Å². The van der Waals surface area contributed by atoms with E-state index >= 15 is 0 Å². The van der Waals surface area contributed by atoms with Gasteiger partial charge < -0.3 is 0 Å². The summed E-state index contributed by atoms with van der Waals surface area (Å²) >= 11 is 11.0. The third-order valence-corrected chi connectivity index (χ3v) is 2.85. The number of rotatable bonds is 3. The topological polar surface area (TPSA) is 17.1 Å². The summed E-state index contributed by atoms with van der Waals surface area (Å²) in [5.41, 5.74) is 1.00. The Labute approximate surface area is 104 Å². The molecule has 0 spiro atoms. The molecule has 0 amide bonds. The fourth-order valence-electron chi connectivity index (χ4n) is 0.988. The van der Waals surface area contributed by atoms with Crippen LogP contribution >= 0.6 is 50.1 Å². The highest BCUT2D eigenvalue weighted by Crippen LogP contribution is 2.17. The van der Waals surface area contributed by atoms with Crippen LogP contribution in [0.4, 0.5) is 0 Å². The van der Waals surface area contributed by atoms with Crippen molar-refractivity contribution >= 4 is 55.9 Å². The van der Waals surface area contributed by atoms with Crippen molar-refractivity contribution in [1.29, 1.82) is 0 Å². The number of alkyl halides is 1. The maximum Gasteiger partial charge on any atom is 0.151 e. The van der Waals surface area contributed by atoms with Crippen LogP contribution < -0.4 is 0 Å². The second-order valence-electron chi connectivity index (χ2n) is 2.63. The number of hydrogen-bond acceptors (Lipinski definition) is 1. The van der Waals surface area contributed by atoms with E-state index in [4.69, 9.17) is 11.6 Å². The van der Waals surface area contributed by atoms with Crippen molar-refractivity contribution in [2.45, 2.75) is 6.42 Å². The minimum absolute atomic E-state index is 0.0515. The highest BCUT2D eigenvalue weighted by atomic mass is 127. The van der Waals surface area contributed by atoms with Crippen LogP contribution in [0.25, 0.3) is 0 Å². The predicted octanol–water partition coefficient (Wildman–Crippen LogP) is 3.40. The maximum absolute atomic E-state index is 11.1. The van der Waals surface area contributed by atoms with Gasteiger partial charge in [-0.1, -0.05) is 15.9 Å². The summed E-state index contributed by atoms with van der Waals surface area (Å²) in [6.07, 6.45) is 0.416. The number of Topliss-reactive ketones (excluding diaryl/α,β-unsaturated/α-hetero) is 1. The number of benzene rings is 1. The maximum atomic E-state index is 11.1. The molecule has 0 fully saturated rings. The number of carbonyl (C=O) groups excluding carboxylic acids is 1. The highest BCUT2D eigenvalue weighted by molar-refractivity contribution is 14.1. The summed E-state index contributed by atoms with van der Waals surface area (Å²) < 4.78 is 2.11. The van der Waals surface area contributed by atoms with Crippen LogP contribution in [0, 0.1) is 3.57 Å². The molecule has 0 aliphatic heterocycles. The number of carbonyl (C=O) groups is 1. The molecule has 0 saturated heterocycles. The first kappa shape index (κ1) is 11.5. The molecule has 1 aromatic rings. The van der Waals surface area contributed by atoms with Crippen LogP contribution in [-0.2, 0) is 11.2 Å². The van der Waals surface area contributed by atoms with E-state index in [1.54, 1.807) is 0 Å². The molecule has 0 saturated carbocycles. The molecule has 0 heterocycles. The minimum atomic E-state index is 0.0515. The molecule has 1 nitrogen and oxygen atoms in total. The van der Waals surface area contributed by atoms with Crippen LogP contribution in [0.2, 0.25) is 0 Å². The lowest BCUT2D eigenvalue weighted by atomic mass is 10.1. The van der Waals surface area contributed by atoms with Gasteiger partial charge in [0, 0.05) is 14.5 Å². The predicted molar refractivity (Wildman–Crippen MR) is 66.3 cm³/mol. The monoisotopic (exact) mass is 372 g/mol. The molecular formula is C9H7BrClIO. The molecule has 0 N–H and O–H groups in total. The molecule has 0 unspecified atom stereocenters. The molecule has 0 atom stereocenters. The molecule has 0 bridgehead atoms. The second-order valence-corrected chi connectivity index (χ2v) is 5.06. The SMILES string of the molecule is O=C(CCl)Cc1cc(Br)cc(I)c1. The van der Waals surface area contributed by atoms with Gasteiger partial charge in [0.05, 0.1) is 5.88 Å². The summed E-state index contributed by atoms with van der Waals surface area (Å²) in [5.74, 6) is 0.138. The van der Waals surface area contributed by atoms with Gasteiger partial charge in [0.2, 0.25) is 0 Å². The molecule has 0 aliphatic carbocycles. The Balaban J connectivity index is 2.83. The van der Waals surface area contributed by atoms with E-state index in [9.17, 15) is 4.79 Å². The quantitative estimate of drug-likeness (QED) is 0.586. The van der Waals surface area contributed by atoms with Crippen molar-refractivity contribution in [2.24, 2.45) is 0 Å². The van der Waals surface area contributed by atoms with Crippen molar-refractivity contribution < 1.29 is 4.79 Å². The van der Waals surface area contributed by atoms with Gasteiger partial charge in [-0.3, -0.25) is 4.79 Å². The smallest absolute Gasteiger partial charge is 0.151 e. The molecule has 4 heteroatoms. The summed E-state index contributed by atoms with van der Waals surface area (Å²) in [5, 5.41) is 0. The molecule has 70 valence electrons. The zero-order valence-corrected chi connectivity index (χ0v) is 11.2. The fraction of sp³-hybridized carbons (Fsp3) is 0.222. The Bertz CT molecular complexity index is 307. The van der Waals surface area contributed by atoms with Gasteiger partial charge in [-0.05, 0) is 46.4 Å². The van der Waals surface area contributed by atoms with E-state index in [-0.39, 0.29) is 11.7 Å². The van der Waals surface area contributed by atoms with Crippen LogP contribution in [-0.4, -0.2) is 11.7 Å². The van der Waals surface area contributed by atoms with Gasteiger partial charge in [0.1, 0.15) is 0 Å². The zero-order valence-electron chi connectivity index (χ0n) is 6.69. The van der Waals surface area contributed by atoms with E-state index in [0.29, 0.717) is 6.42 Å². The van der Waals surface area contributed by atoms with Gasteiger partial charge in [-0.25, -0.2) is 0 Å². The average Bonchev–Trinajstić information content (AvgIpc) is 2.02. The fourth-order valence-corrected chi connectivity index (χ4v) is 2.79. The summed E-state index contributed by atoms with van der Waals surface area (Å²) in [7, 11) is 0. The molecule has 1 rings (SSSR count).